The van der Waals surface area contributed by atoms with Crippen molar-refractivity contribution in [3.8, 4) is 6.07 Å². The van der Waals surface area contributed by atoms with E-state index in [2.05, 4.69) is 16.4 Å². The van der Waals surface area contributed by atoms with E-state index in [1.807, 2.05) is 30.3 Å². The van der Waals surface area contributed by atoms with Gasteiger partial charge in [0.15, 0.2) is 5.17 Å². The number of aliphatic imine (C=N–C) groups is 1. The summed E-state index contributed by atoms with van der Waals surface area (Å²) in [6, 6.07) is 17.2. The van der Waals surface area contributed by atoms with Crippen molar-refractivity contribution in [3.63, 3.8) is 0 Å². The van der Waals surface area contributed by atoms with Crippen LogP contribution in [-0.4, -0.2) is 28.3 Å². The lowest BCUT2D eigenvalue weighted by Gasteiger charge is -2.31. The summed E-state index contributed by atoms with van der Waals surface area (Å²) >= 11 is 1.11. The van der Waals surface area contributed by atoms with Gasteiger partial charge in [-0.3, -0.25) is 14.5 Å². The number of rotatable bonds is 5. The third-order valence-electron chi connectivity index (χ3n) is 5.65. The molecule has 2 amide bonds. The number of hydrogen-bond donors (Lipinski definition) is 1. The maximum Gasteiger partial charge on any atom is 0.283 e. The van der Waals surface area contributed by atoms with Crippen LogP contribution in [0.15, 0.2) is 65.3 Å². The molecule has 1 heterocycles. The molecule has 33 heavy (non-hydrogen) atoms. The molecule has 0 radical (unpaired) electrons. The summed E-state index contributed by atoms with van der Waals surface area (Å²) in [4.78, 5) is 31.7. The molecule has 0 aromatic heterocycles. The van der Waals surface area contributed by atoms with Gasteiger partial charge in [0.25, 0.3) is 5.91 Å². The van der Waals surface area contributed by atoms with Crippen molar-refractivity contribution in [1.82, 2.24) is 5.32 Å². The standard InChI is InChI=1S/C25H23FN4O2S/c26-19-9-11-20(12-10-19)30-23(32)21(15-18-7-3-1-4-8-18)28-24(30)33-16-22(31)29-25(17-27)13-5-2-6-14-25/h1,3-4,7-12,15H,2,5-6,13-14,16H2,(H,29,31). The minimum atomic E-state index is -0.821. The molecule has 6 nitrogen and oxygen atoms in total. The summed E-state index contributed by atoms with van der Waals surface area (Å²) in [7, 11) is 0. The van der Waals surface area contributed by atoms with Crippen LogP contribution >= 0.6 is 11.8 Å². The molecule has 1 aliphatic heterocycles. The number of carbonyl (C=O) groups excluding carboxylic acids is 2. The first kappa shape index (κ1) is 22.7. The van der Waals surface area contributed by atoms with E-state index in [0.717, 1.165) is 36.6 Å². The number of nitrogens with one attached hydrogen (secondary N) is 1. The maximum absolute atomic E-state index is 13.4. The highest BCUT2D eigenvalue weighted by Crippen LogP contribution is 2.31. The van der Waals surface area contributed by atoms with E-state index in [1.165, 1.54) is 29.2 Å². The number of amides is 2. The Hall–Kier alpha value is -3.44. The topological polar surface area (TPSA) is 85.6 Å². The molecule has 2 aromatic carbocycles. The molecule has 0 unspecified atom stereocenters. The maximum atomic E-state index is 13.4. The molecule has 2 aliphatic rings. The quantitative estimate of drug-likeness (QED) is 0.656. The summed E-state index contributed by atoms with van der Waals surface area (Å²) in [5, 5.41) is 12.8. The molecular weight excluding hydrogens is 439 g/mol. The lowest BCUT2D eigenvalue weighted by atomic mass is 9.83. The van der Waals surface area contributed by atoms with E-state index in [4.69, 9.17) is 0 Å². The number of halogens is 1. The van der Waals surface area contributed by atoms with Crippen LogP contribution in [0.1, 0.15) is 37.7 Å². The van der Waals surface area contributed by atoms with Crippen LogP contribution in [0.25, 0.3) is 6.08 Å². The van der Waals surface area contributed by atoms with Crippen LogP contribution in [-0.2, 0) is 9.59 Å². The van der Waals surface area contributed by atoms with Gasteiger partial charge in [-0.2, -0.15) is 5.26 Å². The average Bonchev–Trinajstić information content (AvgIpc) is 3.14. The predicted molar refractivity (Wildman–Crippen MR) is 128 cm³/mol. The van der Waals surface area contributed by atoms with E-state index < -0.39 is 11.4 Å². The monoisotopic (exact) mass is 462 g/mol. The van der Waals surface area contributed by atoms with Gasteiger partial charge in [0.2, 0.25) is 5.91 Å². The number of nitriles is 1. The second-order valence-electron chi connectivity index (χ2n) is 8.04. The van der Waals surface area contributed by atoms with Gasteiger partial charge in [0.05, 0.1) is 17.5 Å². The molecule has 8 heteroatoms. The first-order chi connectivity index (χ1) is 16.0. The number of amidine groups is 1. The van der Waals surface area contributed by atoms with Crippen LogP contribution < -0.4 is 10.2 Å². The van der Waals surface area contributed by atoms with Gasteiger partial charge in [-0.1, -0.05) is 61.4 Å². The Balaban J connectivity index is 1.54. The second-order valence-corrected chi connectivity index (χ2v) is 8.99. The fourth-order valence-corrected chi connectivity index (χ4v) is 4.78. The van der Waals surface area contributed by atoms with Crippen molar-refractivity contribution in [2.75, 3.05) is 10.7 Å². The molecule has 1 saturated carbocycles. The highest BCUT2D eigenvalue weighted by atomic mass is 32.2. The van der Waals surface area contributed by atoms with Gasteiger partial charge >= 0.3 is 0 Å². The lowest BCUT2D eigenvalue weighted by molar-refractivity contribution is -0.120. The van der Waals surface area contributed by atoms with Gasteiger partial charge < -0.3 is 5.32 Å². The Labute approximate surface area is 196 Å². The summed E-state index contributed by atoms with van der Waals surface area (Å²) in [6.07, 6.45) is 5.85. The van der Waals surface area contributed by atoms with Crippen molar-refractivity contribution in [1.29, 1.82) is 5.26 Å². The summed E-state index contributed by atoms with van der Waals surface area (Å²) in [6.45, 7) is 0. The van der Waals surface area contributed by atoms with Crippen LogP contribution in [0.4, 0.5) is 10.1 Å². The van der Waals surface area contributed by atoms with E-state index >= 15 is 0 Å². The van der Waals surface area contributed by atoms with Crippen molar-refractivity contribution >= 4 is 40.5 Å². The Morgan fingerprint density at radius 3 is 2.52 bits per heavy atom. The van der Waals surface area contributed by atoms with E-state index in [1.54, 1.807) is 6.08 Å². The van der Waals surface area contributed by atoms with Crippen LogP contribution in [0, 0.1) is 17.1 Å². The number of hydrogen-bond acceptors (Lipinski definition) is 5. The summed E-state index contributed by atoms with van der Waals surface area (Å²) in [5.41, 5.74) is 0.693. The first-order valence-corrected chi connectivity index (χ1v) is 11.8. The Morgan fingerprint density at radius 1 is 1.15 bits per heavy atom. The second kappa shape index (κ2) is 10.0. The first-order valence-electron chi connectivity index (χ1n) is 10.8. The normalized spacial score (nSPS) is 18.7. The zero-order valence-corrected chi connectivity index (χ0v) is 18.8. The molecule has 1 fully saturated rings. The van der Waals surface area contributed by atoms with E-state index in [9.17, 15) is 19.2 Å². The Kier molecular flexibility index (Phi) is 6.90. The number of benzene rings is 2. The zero-order chi connectivity index (χ0) is 23.3. The van der Waals surface area contributed by atoms with Gasteiger partial charge in [0, 0.05) is 0 Å². The third kappa shape index (κ3) is 5.32. The van der Waals surface area contributed by atoms with Gasteiger partial charge in [-0.15, -0.1) is 0 Å². The number of thioether (sulfide) groups is 1. The summed E-state index contributed by atoms with van der Waals surface area (Å²) < 4.78 is 13.4. The molecule has 1 N–H and O–H groups in total. The molecule has 0 saturated heterocycles. The van der Waals surface area contributed by atoms with Gasteiger partial charge in [-0.25, -0.2) is 9.38 Å². The van der Waals surface area contributed by atoms with Crippen molar-refractivity contribution in [2.24, 2.45) is 4.99 Å². The summed E-state index contributed by atoms with van der Waals surface area (Å²) in [5.74, 6) is -1.04. The lowest BCUT2D eigenvalue weighted by Crippen LogP contribution is -2.49. The van der Waals surface area contributed by atoms with Crippen molar-refractivity contribution < 1.29 is 14.0 Å². The smallest absolute Gasteiger partial charge is 0.283 e. The van der Waals surface area contributed by atoms with Gasteiger partial charge in [-0.05, 0) is 48.7 Å². The molecule has 1 aliphatic carbocycles. The fraction of sp³-hybridized carbons (Fsp3) is 0.280. The average molecular weight is 463 g/mol. The highest BCUT2D eigenvalue weighted by molar-refractivity contribution is 8.14. The molecule has 0 spiro atoms. The number of anilines is 1. The molecule has 168 valence electrons. The Morgan fingerprint density at radius 2 is 1.85 bits per heavy atom. The number of carbonyl (C=O) groups is 2. The minimum absolute atomic E-state index is 0.00581. The molecular formula is C25H23FN4O2S. The third-order valence-corrected chi connectivity index (χ3v) is 6.59. The predicted octanol–water partition coefficient (Wildman–Crippen LogP) is 4.65. The molecule has 0 bridgehead atoms. The van der Waals surface area contributed by atoms with E-state index in [0.29, 0.717) is 23.7 Å². The van der Waals surface area contributed by atoms with Crippen molar-refractivity contribution in [3.05, 3.63) is 71.7 Å². The van der Waals surface area contributed by atoms with Crippen LogP contribution in [0.2, 0.25) is 0 Å². The van der Waals surface area contributed by atoms with Crippen LogP contribution in [0.3, 0.4) is 0 Å². The Bertz CT molecular complexity index is 1130. The number of nitrogens with zero attached hydrogens (tertiary/aromatic N) is 3. The molecule has 2 aromatic rings. The SMILES string of the molecule is N#CC1(NC(=O)CSC2=NC(=Cc3ccccc3)C(=O)N2c2ccc(F)cc2)CCCCC1. The highest BCUT2D eigenvalue weighted by Gasteiger charge is 2.35. The minimum Gasteiger partial charge on any atom is -0.337 e. The fourth-order valence-electron chi connectivity index (χ4n) is 3.97. The zero-order valence-electron chi connectivity index (χ0n) is 18.0. The van der Waals surface area contributed by atoms with Crippen LogP contribution in [0.5, 0.6) is 0 Å². The van der Waals surface area contributed by atoms with Gasteiger partial charge in [0.1, 0.15) is 17.1 Å². The van der Waals surface area contributed by atoms with E-state index in [-0.39, 0.29) is 23.3 Å². The molecule has 4 rings (SSSR count). The molecule has 0 atom stereocenters. The largest absolute Gasteiger partial charge is 0.337 e. The van der Waals surface area contributed by atoms with Crippen molar-refractivity contribution in [2.45, 2.75) is 37.6 Å².